The molecule has 4 aromatic rings. The quantitative estimate of drug-likeness (QED) is 0.251. The van der Waals surface area contributed by atoms with Crippen molar-refractivity contribution in [3.05, 3.63) is 109 Å². The molecule has 0 saturated heterocycles. The van der Waals surface area contributed by atoms with E-state index in [4.69, 9.17) is 22.4 Å². The predicted octanol–water partition coefficient (Wildman–Crippen LogP) is 6.51. The predicted molar refractivity (Wildman–Crippen MR) is 873 cm³/mol. The first kappa shape index (κ1) is 143. The highest BCUT2D eigenvalue weighted by Crippen LogP contribution is 2.25. The molecule has 0 unspecified atom stereocenters. The van der Waals surface area contributed by atoms with E-state index in [2.05, 4.69) is 102 Å². The van der Waals surface area contributed by atoms with Crippen molar-refractivity contribution in [2.45, 2.75) is 0 Å². The van der Waals surface area contributed by atoms with Gasteiger partial charge in [0.05, 0.1) is 0 Å². The smallest absolute Gasteiger partial charge is 0.0384 e. The lowest BCUT2D eigenvalue weighted by molar-refractivity contribution is 1.53. The first-order valence-electron chi connectivity index (χ1n) is 25.6. The largest absolute Gasteiger partial charge is 0.356 e. The monoisotopic (exact) mass is 3650 g/mol. The molecule has 0 bridgehead atoms. The Morgan fingerprint density at radius 3 is 0.279 bits per heavy atom. The zero-order valence-corrected chi connectivity index (χ0v) is 141. The molecule has 0 aliphatic carbocycles. The number of benzene rings is 4. The molecule has 0 heterocycles. The van der Waals surface area contributed by atoms with Gasteiger partial charge in [-0.2, -0.15) is 0 Å². The van der Waals surface area contributed by atoms with E-state index >= 15 is 0 Å². The molecule has 744 valence electrons. The van der Waals surface area contributed by atoms with Crippen LogP contribution in [0.25, 0.3) is 22.3 Å². The number of hydrogen-bond acceptors (Lipinski definition) is 3. The molecule has 0 fully saturated rings. The van der Waals surface area contributed by atoms with Gasteiger partial charge in [-0.25, -0.2) is 0 Å². The number of hydrogen-bond donors (Lipinski definition) is 1. The summed E-state index contributed by atoms with van der Waals surface area (Å²) in [6.07, 6.45) is 0. The lowest BCUT2D eigenvalue weighted by Gasteiger charge is -2.09. The van der Waals surface area contributed by atoms with E-state index in [-0.39, 0.29) is 0 Å². The highest BCUT2D eigenvalue weighted by atomic mass is 33.6. The first-order chi connectivity index (χ1) is 64.3. The summed E-state index contributed by atoms with van der Waals surface area (Å²) in [5.41, 5.74) is 7.11. The summed E-state index contributed by atoms with van der Waals surface area (Å²) < 4.78 is 0. The van der Waals surface area contributed by atoms with Crippen molar-refractivity contribution in [2.24, 2.45) is 0 Å². The molecule has 1 N–H and O–H groups in total. The molecule has 0 aliphatic rings. The van der Waals surface area contributed by atoms with E-state index in [1.807, 2.05) is 794 Å². The Morgan fingerprint density at radius 2 is 0.186 bits per heavy atom. The van der Waals surface area contributed by atoms with Crippen LogP contribution in [0.3, 0.4) is 0 Å². The molecule has 129 heavy (non-hydrogen) atoms. The molecule has 0 atom stereocenters. The minimum Gasteiger partial charge on any atom is -0.356 e. The second-order valence-corrected chi connectivity index (χ2v) is 193. The fourth-order valence-electron chi connectivity index (χ4n) is 4.05. The highest BCUT2D eigenvalue weighted by Gasteiger charge is 2.00. The van der Waals surface area contributed by atoms with Gasteiger partial charge in [-0.05, 0) is 46.5 Å². The molecule has 0 saturated carbocycles. The van der Waals surface area contributed by atoms with E-state index < -0.39 is 0 Å². The maximum atomic E-state index is 4.83. The van der Waals surface area contributed by atoms with Gasteiger partial charge in [0.2, 0.25) is 0 Å². The average molecular weight is 3660 g/mol. The Hall–Kier alpha value is 19.6. The van der Waals surface area contributed by atoms with E-state index in [0.29, 0.717) is 0 Å². The zero-order chi connectivity index (χ0) is 91.0. The van der Waals surface area contributed by atoms with Gasteiger partial charge in [-0.1, -0.05) is 84.9 Å². The normalized spacial score (nSPS) is 8.37. The minimum absolute atomic E-state index is 1.09. The maximum absolute atomic E-state index is 4.83. The van der Waals surface area contributed by atoms with E-state index in [1.165, 1.54) is 40.0 Å². The van der Waals surface area contributed by atoms with Crippen LogP contribution in [0.4, 0.5) is 11.4 Å². The van der Waals surface area contributed by atoms with Gasteiger partial charge in [0, 0.05) is 940 Å². The average Bonchev–Trinajstić information content (AvgIpc) is 0.843. The molecule has 0 amide bonds. The molecular weight excluding hydrogens is 3640 g/mol. The molecular formula is C24H19NS104. The molecule has 1 nitrogen and oxygen atoms in total. The third kappa shape index (κ3) is 110. The van der Waals surface area contributed by atoms with Crippen molar-refractivity contribution in [3.8, 4) is 22.3 Å². The van der Waals surface area contributed by atoms with Crippen molar-refractivity contribution in [2.75, 3.05) is 5.32 Å². The maximum Gasteiger partial charge on any atom is 0.0384 e. The molecule has 0 spiro atoms. The van der Waals surface area contributed by atoms with Crippen LogP contribution in [0.1, 0.15) is 0 Å². The van der Waals surface area contributed by atoms with Crippen molar-refractivity contribution >= 4 is 940 Å². The van der Waals surface area contributed by atoms with Crippen LogP contribution in [-0.4, -0.2) is 0 Å². The Labute approximate surface area is 1040 Å². The Kier molecular flexibility index (Phi) is 139. The van der Waals surface area contributed by atoms with Crippen LogP contribution >= 0.6 is 0 Å². The second kappa shape index (κ2) is 126. The molecule has 105 heteroatoms. The van der Waals surface area contributed by atoms with E-state index in [0.717, 1.165) is 11.4 Å². The standard InChI is InChI=1S/C24H19N.S104/c1-3-7-19(8-4-1)21-11-15-23(16-12-21)25-24-17-13-22(14-18-24)20-9-5-2-6-10-20;1-3-5-7-9-11-13-15-17-19-21-23-25-27-29-31-33-35-37-39-41-43-45-47-49-51-53-55-57-59-61-63-65-67-69-71-73-75-77-79-81-83-85-87-89-91-93-95-97-99-101-103-104-102-100-98-96-94-92-90-88-86-84-82-80-78-76-74-72-70-68-66-64-62-60-58-56-54-52-50-48-46-44-42-40-38-36-34-32-30-28-26-24-22-20-18-16-14-12-10-8-6-4-2/h1-18,25H;. The number of rotatable bonds is 4. The van der Waals surface area contributed by atoms with Crippen LogP contribution in [0.15, 0.2) is 109 Å². The molecule has 0 radical (unpaired) electrons. The Balaban J connectivity index is 0.00000144. The zero-order valence-electron chi connectivity index (χ0n) is 56.4. The summed E-state index contributed by atoms with van der Waals surface area (Å²) >= 11 is 9.66. The lowest BCUT2D eigenvalue weighted by Crippen LogP contribution is -1.90. The van der Waals surface area contributed by atoms with Crippen molar-refractivity contribution in [1.82, 2.24) is 0 Å². The SMILES string of the molecule is S=S=S=S=S=S=S=S=S=S=S=S=S=S=S=S=S=S=S=S=S=S=S=S=S=S=S=S=S=S=S=S=S=S=S=S=S=S=S=S=S=S=S=S=S=S=S=S=S=S=S=S=S=S=S=S=S=S=S=S=S=S=S=S=S=S=S=S=S=S=S=S=S=S=S=S=S=S=S=S=S=S=S=S=S=S=S=S=S=S=S=S=S=S=S=S=S=S=S=S=S=S=S=S.c1ccc(-c2ccc(Nc3ccc(-c4ccccc4)cc3)cc2)cc1. The van der Waals surface area contributed by atoms with Gasteiger partial charge in [0.25, 0.3) is 0 Å². The van der Waals surface area contributed by atoms with Crippen LogP contribution in [0.2, 0.25) is 0 Å². The highest BCUT2D eigenvalue weighted by molar-refractivity contribution is 8.88. The molecule has 0 aromatic heterocycles. The molecule has 0 aliphatic heterocycles. The second-order valence-electron chi connectivity index (χ2n) is 13.0. The van der Waals surface area contributed by atoms with E-state index in [9.17, 15) is 0 Å². The van der Waals surface area contributed by atoms with Crippen LogP contribution < -0.4 is 5.32 Å². The summed E-state index contributed by atoms with van der Waals surface area (Å²) in [6, 6.07) is 37.9. The summed E-state index contributed by atoms with van der Waals surface area (Å²) in [7, 11) is 185. The third-order valence-corrected chi connectivity index (χ3v) is 232. The van der Waals surface area contributed by atoms with Crippen molar-refractivity contribution in [1.29, 1.82) is 0 Å². The van der Waals surface area contributed by atoms with E-state index in [1.54, 1.807) is 107 Å². The fraction of sp³-hybridized carbons (Fsp3) is 0. The van der Waals surface area contributed by atoms with Gasteiger partial charge < -0.3 is 5.32 Å². The number of anilines is 2. The minimum atomic E-state index is 1.09. The van der Waals surface area contributed by atoms with Gasteiger partial charge in [-0.3, -0.25) is 0 Å². The lowest BCUT2D eigenvalue weighted by atomic mass is 10.0. The topological polar surface area (TPSA) is 12.0 Å². The summed E-state index contributed by atoms with van der Waals surface area (Å²) in [6.45, 7) is 0. The number of nitrogens with one attached hydrogen (secondary N) is 1. The van der Waals surface area contributed by atoms with Crippen LogP contribution in [-0.2, 0) is 928 Å². The molecule has 4 rings (SSSR count). The first-order valence-corrected chi connectivity index (χ1v) is 163. The van der Waals surface area contributed by atoms with Gasteiger partial charge in [0.15, 0.2) is 0 Å². The summed E-state index contributed by atoms with van der Waals surface area (Å²) in [4.78, 5) is 0. The summed E-state index contributed by atoms with van der Waals surface area (Å²) in [5, 5.41) is 3.46. The molecule has 4 aromatic carbocycles. The van der Waals surface area contributed by atoms with Crippen LogP contribution in [0, 0.1) is 0 Å². The summed E-state index contributed by atoms with van der Waals surface area (Å²) in [5.74, 6) is 0. The van der Waals surface area contributed by atoms with Gasteiger partial charge in [0.1, 0.15) is 0 Å². The van der Waals surface area contributed by atoms with Crippen LogP contribution in [0.5, 0.6) is 0 Å². The van der Waals surface area contributed by atoms with Gasteiger partial charge >= 0.3 is 0 Å². The Bertz CT molecular complexity index is 9470. The van der Waals surface area contributed by atoms with Gasteiger partial charge in [-0.15, -0.1) is 0 Å². The van der Waals surface area contributed by atoms with Crippen molar-refractivity contribution in [3.63, 3.8) is 0 Å². The Morgan fingerprint density at radius 1 is 0.101 bits per heavy atom. The fourth-order valence-corrected chi connectivity index (χ4v) is 278. The third-order valence-electron chi connectivity index (χ3n) is 7.08. The van der Waals surface area contributed by atoms with Crippen molar-refractivity contribution < 1.29 is 0 Å².